The molecule has 1 aliphatic heterocycles. The Kier molecular flexibility index (Phi) is 5.56. The predicted molar refractivity (Wildman–Crippen MR) is 79.5 cm³/mol. The van der Waals surface area contributed by atoms with Crippen LogP contribution in [-0.2, 0) is 6.54 Å². The van der Waals surface area contributed by atoms with Crippen molar-refractivity contribution in [3.8, 4) is 11.8 Å². The minimum absolute atomic E-state index is 0.593. The monoisotopic (exact) mass is 276 g/mol. The molecule has 0 bridgehead atoms. The minimum Gasteiger partial charge on any atom is -0.495 e. The van der Waals surface area contributed by atoms with Crippen LogP contribution in [0.2, 0.25) is 0 Å². The number of hydrogen-bond donors (Lipinski definition) is 1. The van der Waals surface area contributed by atoms with Gasteiger partial charge in [-0.15, -0.1) is 0 Å². The van der Waals surface area contributed by atoms with Crippen molar-refractivity contribution in [3.05, 3.63) is 29.3 Å². The summed E-state index contributed by atoms with van der Waals surface area (Å²) in [6, 6.07) is 7.90. The lowest BCUT2D eigenvalue weighted by atomic mass is 10.0. The van der Waals surface area contributed by atoms with Gasteiger partial charge in [0.05, 0.1) is 12.7 Å². The van der Waals surface area contributed by atoms with Crippen molar-refractivity contribution in [1.29, 1.82) is 5.26 Å². The van der Waals surface area contributed by atoms with Gasteiger partial charge in [-0.1, -0.05) is 6.07 Å². The Bertz CT molecular complexity index is 450. The van der Waals surface area contributed by atoms with Gasteiger partial charge < -0.3 is 10.1 Å². The van der Waals surface area contributed by atoms with Crippen molar-refractivity contribution in [2.45, 2.75) is 19.4 Å². The summed E-state index contributed by atoms with van der Waals surface area (Å²) in [6.07, 6.45) is 2.66. The van der Waals surface area contributed by atoms with Crippen molar-refractivity contribution in [1.82, 2.24) is 5.32 Å². The first-order valence-electron chi connectivity index (χ1n) is 6.69. The minimum atomic E-state index is 0.593. The SMILES string of the molecule is COc1cc(CNCC2CCSCC2)ccc1C#N. The van der Waals surface area contributed by atoms with Gasteiger partial charge in [0.15, 0.2) is 0 Å². The molecule has 0 unspecified atom stereocenters. The fourth-order valence-electron chi connectivity index (χ4n) is 2.31. The molecule has 0 radical (unpaired) electrons. The van der Waals surface area contributed by atoms with Crippen LogP contribution in [0.3, 0.4) is 0 Å². The van der Waals surface area contributed by atoms with Gasteiger partial charge in [-0.3, -0.25) is 0 Å². The number of benzene rings is 1. The maximum atomic E-state index is 8.94. The second-order valence-electron chi connectivity index (χ2n) is 4.83. The standard InChI is InChI=1S/C15H20N2OS/c1-18-15-8-13(2-3-14(15)9-16)11-17-10-12-4-6-19-7-5-12/h2-3,8,12,17H,4-7,10-11H2,1H3. The number of thioether (sulfide) groups is 1. The van der Waals surface area contributed by atoms with Gasteiger partial charge in [-0.2, -0.15) is 17.0 Å². The van der Waals surface area contributed by atoms with Gasteiger partial charge in [0.2, 0.25) is 0 Å². The maximum absolute atomic E-state index is 8.94. The van der Waals surface area contributed by atoms with Crippen LogP contribution in [0.1, 0.15) is 24.0 Å². The summed E-state index contributed by atoms with van der Waals surface area (Å²) in [4.78, 5) is 0. The van der Waals surface area contributed by atoms with E-state index in [0.29, 0.717) is 11.3 Å². The molecule has 19 heavy (non-hydrogen) atoms. The zero-order valence-electron chi connectivity index (χ0n) is 11.3. The van der Waals surface area contributed by atoms with Gasteiger partial charge in [-0.05, 0) is 54.5 Å². The maximum Gasteiger partial charge on any atom is 0.136 e. The molecule has 2 rings (SSSR count). The Morgan fingerprint density at radius 2 is 2.21 bits per heavy atom. The zero-order valence-corrected chi connectivity index (χ0v) is 12.1. The van der Waals surface area contributed by atoms with E-state index in [-0.39, 0.29) is 0 Å². The molecule has 102 valence electrons. The number of ether oxygens (including phenoxy) is 1. The Hall–Kier alpha value is -1.18. The molecule has 1 saturated heterocycles. The molecule has 1 fully saturated rings. The molecule has 0 atom stereocenters. The molecule has 0 saturated carbocycles. The number of methoxy groups -OCH3 is 1. The van der Waals surface area contributed by atoms with E-state index in [4.69, 9.17) is 10.00 Å². The van der Waals surface area contributed by atoms with Crippen molar-refractivity contribution < 1.29 is 4.74 Å². The van der Waals surface area contributed by atoms with E-state index in [2.05, 4.69) is 23.1 Å². The average molecular weight is 276 g/mol. The average Bonchev–Trinajstić information content (AvgIpc) is 2.48. The van der Waals surface area contributed by atoms with E-state index in [1.165, 1.54) is 29.9 Å². The first kappa shape index (κ1) is 14.2. The smallest absolute Gasteiger partial charge is 0.136 e. The lowest BCUT2D eigenvalue weighted by Crippen LogP contribution is -2.25. The van der Waals surface area contributed by atoms with Crippen LogP contribution in [0.25, 0.3) is 0 Å². The number of nitriles is 1. The highest BCUT2D eigenvalue weighted by Crippen LogP contribution is 2.22. The highest BCUT2D eigenvalue weighted by molar-refractivity contribution is 7.99. The summed E-state index contributed by atoms with van der Waals surface area (Å²) >= 11 is 2.06. The van der Waals surface area contributed by atoms with Crippen LogP contribution in [0.5, 0.6) is 5.75 Å². The van der Waals surface area contributed by atoms with Crippen LogP contribution >= 0.6 is 11.8 Å². The van der Waals surface area contributed by atoms with E-state index in [0.717, 1.165) is 19.0 Å². The van der Waals surface area contributed by atoms with Crippen LogP contribution in [-0.4, -0.2) is 25.2 Å². The van der Waals surface area contributed by atoms with Crippen LogP contribution in [0, 0.1) is 17.2 Å². The molecule has 1 heterocycles. The van der Waals surface area contributed by atoms with Crippen LogP contribution in [0.15, 0.2) is 18.2 Å². The third kappa shape index (κ3) is 4.15. The third-order valence-corrected chi connectivity index (χ3v) is 4.54. The first-order valence-corrected chi connectivity index (χ1v) is 7.84. The molecule has 1 N–H and O–H groups in total. The second-order valence-corrected chi connectivity index (χ2v) is 6.06. The van der Waals surface area contributed by atoms with Crippen LogP contribution in [0.4, 0.5) is 0 Å². The molecule has 0 amide bonds. The topological polar surface area (TPSA) is 45.0 Å². The molecular weight excluding hydrogens is 256 g/mol. The summed E-state index contributed by atoms with van der Waals surface area (Å²) in [5.74, 6) is 4.09. The lowest BCUT2D eigenvalue weighted by Gasteiger charge is -2.21. The molecule has 1 aliphatic rings. The lowest BCUT2D eigenvalue weighted by molar-refractivity contribution is 0.412. The molecule has 0 aliphatic carbocycles. The molecule has 4 heteroatoms. The van der Waals surface area contributed by atoms with Gasteiger partial charge >= 0.3 is 0 Å². The zero-order chi connectivity index (χ0) is 13.5. The summed E-state index contributed by atoms with van der Waals surface area (Å²) in [5, 5.41) is 12.5. The fourth-order valence-corrected chi connectivity index (χ4v) is 3.51. The molecule has 0 spiro atoms. The Balaban J connectivity index is 1.84. The van der Waals surface area contributed by atoms with Crippen molar-refractivity contribution in [3.63, 3.8) is 0 Å². The van der Waals surface area contributed by atoms with E-state index >= 15 is 0 Å². The van der Waals surface area contributed by atoms with E-state index in [9.17, 15) is 0 Å². The fraction of sp³-hybridized carbons (Fsp3) is 0.533. The van der Waals surface area contributed by atoms with Gasteiger partial charge in [0, 0.05) is 6.54 Å². The van der Waals surface area contributed by atoms with Gasteiger partial charge in [0.1, 0.15) is 11.8 Å². The third-order valence-electron chi connectivity index (χ3n) is 3.49. The highest BCUT2D eigenvalue weighted by atomic mass is 32.2. The number of hydrogen-bond acceptors (Lipinski definition) is 4. The quantitative estimate of drug-likeness (QED) is 0.898. The summed E-state index contributed by atoms with van der Waals surface area (Å²) in [6.45, 7) is 1.93. The summed E-state index contributed by atoms with van der Waals surface area (Å²) < 4.78 is 5.22. The molecule has 1 aromatic carbocycles. The van der Waals surface area contributed by atoms with E-state index in [1.54, 1.807) is 7.11 Å². The van der Waals surface area contributed by atoms with Crippen molar-refractivity contribution >= 4 is 11.8 Å². The molecule has 1 aromatic rings. The van der Waals surface area contributed by atoms with Crippen molar-refractivity contribution in [2.75, 3.05) is 25.2 Å². The largest absolute Gasteiger partial charge is 0.495 e. The molecule has 3 nitrogen and oxygen atoms in total. The number of nitrogens with one attached hydrogen (secondary N) is 1. The Morgan fingerprint density at radius 3 is 2.89 bits per heavy atom. The Morgan fingerprint density at radius 1 is 1.42 bits per heavy atom. The molecule has 0 aromatic heterocycles. The number of rotatable bonds is 5. The second kappa shape index (κ2) is 7.42. The first-order chi connectivity index (χ1) is 9.33. The van der Waals surface area contributed by atoms with E-state index < -0.39 is 0 Å². The predicted octanol–water partition coefficient (Wildman–Crippen LogP) is 2.80. The summed E-state index contributed by atoms with van der Waals surface area (Å²) in [7, 11) is 1.60. The molecular formula is C15H20N2OS. The van der Waals surface area contributed by atoms with Gasteiger partial charge in [0.25, 0.3) is 0 Å². The van der Waals surface area contributed by atoms with Crippen LogP contribution < -0.4 is 10.1 Å². The summed E-state index contributed by atoms with van der Waals surface area (Å²) in [5.41, 5.74) is 1.76. The highest BCUT2D eigenvalue weighted by Gasteiger charge is 2.13. The van der Waals surface area contributed by atoms with E-state index in [1.807, 2.05) is 18.2 Å². The number of nitrogens with zero attached hydrogens (tertiary/aromatic N) is 1. The van der Waals surface area contributed by atoms with Crippen molar-refractivity contribution in [2.24, 2.45) is 5.92 Å². The van der Waals surface area contributed by atoms with Gasteiger partial charge in [-0.25, -0.2) is 0 Å². The Labute approximate surface area is 119 Å². The normalized spacial score (nSPS) is 16.0.